The summed E-state index contributed by atoms with van der Waals surface area (Å²) in [6, 6.07) is 3.69. The topological polar surface area (TPSA) is 109 Å². The van der Waals surface area contributed by atoms with Crippen molar-refractivity contribution in [2.24, 2.45) is 0 Å². The van der Waals surface area contributed by atoms with E-state index >= 15 is 0 Å². The maximum absolute atomic E-state index is 13.3. The number of hydrogen-bond donors (Lipinski definition) is 2. The molecule has 1 unspecified atom stereocenters. The molecule has 36 heavy (non-hydrogen) atoms. The highest BCUT2D eigenvalue weighted by atomic mass is 32.2. The maximum atomic E-state index is 13.3. The van der Waals surface area contributed by atoms with Crippen molar-refractivity contribution >= 4 is 23.6 Å². The molecule has 2 N–H and O–H groups in total. The fourth-order valence-electron chi connectivity index (χ4n) is 4.64. The van der Waals surface area contributed by atoms with E-state index < -0.39 is 6.29 Å². The third kappa shape index (κ3) is 4.53. The lowest BCUT2D eigenvalue weighted by Crippen LogP contribution is -2.28. The average Bonchev–Trinajstić information content (AvgIpc) is 3.53. The number of H-pyrrole nitrogens is 1. The molecule has 2 aliphatic rings. The summed E-state index contributed by atoms with van der Waals surface area (Å²) in [5.74, 6) is 1.51. The number of aromatic amines is 1. The van der Waals surface area contributed by atoms with Crippen LogP contribution in [0.2, 0.25) is 0 Å². The van der Waals surface area contributed by atoms with Gasteiger partial charge in [0.25, 0.3) is 11.5 Å². The van der Waals surface area contributed by atoms with Crippen LogP contribution in [-0.4, -0.2) is 46.5 Å². The monoisotopic (exact) mass is 507 g/mol. The number of pyridine rings is 1. The van der Waals surface area contributed by atoms with Gasteiger partial charge in [-0.05, 0) is 45.1 Å². The van der Waals surface area contributed by atoms with Gasteiger partial charge in [0.1, 0.15) is 0 Å². The molecule has 0 aliphatic carbocycles. The summed E-state index contributed by atoms with van der Waals surface area (Å²) in [6.45, 7) is 7.50. The number of carbonyl (C=O) groups is 1. The molecule has 10 heteroatoms. The SMILES string of the molecule is CSc1cc(C)[nH]c(=O)c1CNC(=O)c1cc(-c2cnc(N3CCCC3)nc2)c2c(c1C)OC(C)O2. The first-order valence-electron chi connectivity index (χ1n) is 12.0. The number of carbonyl (C=O) groups excluding carboxylic acids is 1. The molecule has 1 amide bonds. The van der Waals surface area contributed by atoms with Crippen molar-refractivity contribution in [1.82, 2.24) is 20.3 Å². The van der Waals surface area contributed by atoms with Crippen LogP contribution in [0.15, 0.2) is 34.2 Å². The predicted molar refractivity (Wildman–Crippen MR) is 139 cm³/mol. The summed E-state index contributed by atoms with van der Waals surface area (Å²) in [5, 5.41) is 2.91. The summed E-state index contributed by atoms with van der Waals surface area (Å²) in [6.07, 6.45) is 7.24. The Morgan fingerprint density at radius 1 is 1.17 bits per heavy atom. The minimum absolute atomic E-state index is 0.109. The number of nitrogens with one attached hydrogen (secondary N) is 2. The number of nitrogens with zero attached hydrogens (tertiary/aromatic N) is 3. The van der Waals surface area contributed by atoms with E-state index in [9.17, 15) is 9.59 Å². The lowest BCUT2D eigenvalue weighted by molar-refractivity contribution is 0.0676. The molecule has 188 valence electrons. The lowest BCUT2D eigenvalue weighted by Gasteiger charge is -2.16. The second-order valence-corrected chi connectivity index (χ2v) is 9.88. The Bertz CT molecular complexity index is 1370. The molecule has 2 aromatic heterocycles. The van der Waals surface area contributed by atoms with E-state index in [0.29, 0.717) is 39.7 Å². The minimum Gasteiger partial charge on any atom is -0.451 e. The van der Waals surface area contributed by atoms with Crippen LogP contribution in [0.25, 0.3) is 11.1 Å². The highest BCUT2D eigenvalue weighted by Crippen LogP contribution is 2.46. The Morgan fingerprint density at radius 3 is 2.56 bits per heavy atom. The van der Waals surface area contributed by atoms with E-state index in [1.54, 1.807) is 18.5 Å². The van der Waals surface area contributed by atoms with Crippen LogP contribution in [0.5, 0.6) is 11.5 Å². The summed E-state index contributed by atoms with van der Waals surface area (Å²) in [7, 11) is 0. The Labute approximate surface area is 213 Å². The van der Waals surface area contributed by atoms with Crippen molar-refractivity contribution < 1.29 is 14.3 Å². The molecule has 4 heterocycles. The number of rotatable bonds is 6. The molecule has 0 spiro atoms. The number of aromatic nitrogens is 3. The molecule has 9 nitrogen and oxygen atoms in total. The zero-order valence-corrected chi connectivity index (χ0v) is 21.6. The summed E-state index contributed by atoms with van der Waals surface area (Å²) >= 11 is 1.48. The van der Waals surface area contributed by atoms with Crippen LogP contribution in [0.1, 0.15) is 46.9 Å². The second kappa shape index (κ2) is 9.85. The van der Waals surface area contributed by atoms with Crippen molar-refractivity contribution in [3.05, 3.63) is 57.3 Å². The molecule has 0 radical (unpaired) electrons. The number of aryl methyl sites for hydroxylation is 1. The zero-order valence-electron chi connectivity index (χ0n) is 20.8. The van der Waals surface area contributed by atoms with Crippen LogP contribution in [-0.2, 0) is 6.54 Å². The standard InChI is InChI=1S/C26H29N5O4S/c1-14-9-21(36-4)20(25(33)30-14)13-27-24(32)18-10-19(23-22(15(18)2)34-16(3)35-23)17-11-28-26(29-12-17)31-7-5-6-8-31/h9-12,16H,5-8,13H2,1-4H3,(H,27,32)(H,30,33). The van der Waals surface area contributed by atoms with Gasteiger partial charge in [-0.25, -0.2) is 9.97 Å². The molecule has 1 atom stereocenters. The molecular formula is C26H29N5O4S. The first-order chi connectivity index (χ1) is 17.4. The van der Waals surface area contributed by atoms with Gasteiger partial charge in [0, 0.05) is 77.4 Å². The van der Waals surface area contributed by atoms with Gasteiger partial charge >= 0.3 is 0 Å². The number of anilines is 1. The van der Waals surface area contributed by atoms with E-state index in [0.717, 1.165) is 42.1 Å². The van der Waals surface area contributed by atoms with E-state index in [1.165, 1.54) is 11.8 Å². The number of thioether (sulfide) groups is 1. The molecule has 3 aromatic rings. The summed E-state index contributed by atoms with van der Waals surface area (Å²) < 4.78 is 11.9. The lowest BCUT2D eigenvalue weighted by atomic mass is 9.98. The largest absolute Gasteiger partial charge is 0.451 e. The Hall–Kier alpha value is -3.53. The van der Waals surface area contributed by atoms with E-state index in [4.69, 9.17) is 9.47 Å². The normalized spacial score (nSPS) is 16.4. The van der Waals surface area contributed by atoms with Gasteiger partial charge in [-0.1, -0.05) is 0 Å². The molecule has 1 saturated heterocycles. The summed E-state index contributed by atoms with van der Waals surface area (Å²) in [4.78, 5) is 40.8. The van der Waals surface area contributed by atoms with Crippen LogP contribution >= 0.6 is 11.8 Å². The van der Waals surface area contributed by atoms with E-state index in [-0.39, 0.29) is 18.0 Å². The smallest absolute Gasteiger partial charge is 0.254 e. The van der Waals surface area contributed by atoms with Crippen LogP contribution in [0, 0.1) is 13.8 Å². The van der Waals surface area contributed by atoms with Gasteiger partial charge in [-0.3, -0.25) is 9.59 Å². The first kappa shape index (κ1) is 24.2. The Kier molecular flexibility index (Phi) is 6.61. The highest BCUT2D eigenvalue weighted by molar-refractivity contribution is 7.98. The van der Waals surface area contributed by atoms with Gasteiger partial charge in [-0.2, -0.15) is 0 Å². The molecule has 5 rings (SSSR count). The number of hydrogen-bond acceptors (Lipinski definition) is 8. The summed E-state index contributed by atoms with van der Waals surface area (Å²) in [5.41, 5.74) is 3.65. The average molecular weight is 508 g/mol. The Balaban J connectivity index is 1.47. The fraction of sp³-hybridized carbons (Fsp3) is 0.385. The second-order valence-electron chi connectivity index (χ2n) is 9.04. The number of fused-ring (bicyclic) bond motifs is 1. The van der Waals surface area contributed by atoms with Crippen LogP contribution in [0.4, 0.5) is 5.95 Å². The number of ether oxygens (including phenoxy) is 2. The quantitative estimate of drug-likeness (QED) is 0.485. The molecule has 2 aliphatic heterocycles. The zero-order chi connectivity index (χ0) is 25.4. The molecule has 0 saturated carbocycles. The van der Waals surface area contributed by atoms with Crippen molar-refractivity contribution in [3.63, 3.8) is 0 Å². The van der Waals surface area contributed by atoms with Gasteiger partial charge in [-0.15, -0.1) is 11.8 Å². The van der Waals surface area contributed by atoms with E-state index in [2.05, 4.69) is 25.2 Å². The molecule has 0 bridgehead atoms. The van der Waals surface area contributed by atoms with Crippen molar-refractivity contribution in [1.29, 1.82) is 0 Å². The van der Waals surface area contributed by atoms with Crippen molar-refractivity contribution in [2.45, 2.75) is 51.3 Å². The van der Waals surface area contributed by atoms with Gasteiger partial charge in [0.2, 0.25) is 12.2 Å². The Morgan fingerprint density at radius 2 is 1.86 bits per heavy atom. The van der Waals surface area contributed by atoms with Crippen LogP contribution in [0.3, 0.4) is 0 Å². The first-order valence-corrected chi connectivity index (χ1v) is 13.2. The third-order valence-corrected chi connectivity index (χ3v) is 7.31. The maximum Gasteiger partial charge on any atom is 0.254 e. The van der Waals surface area contributed by atoms with Gasteiger partial charge in [0.05, 0.1) is 0 Å². The number of amides is 1. The third-order valence-electron chi connectivity index (χ3n) is 6.51. The van der Waals surface area contributed by atoms with E-state index in [1.807, 2.05) is 33.1 Å². The number of benzene rings is 1. The molecule has 1 fully saturated rings. The van der Waals surface area contributed by atoms with Gasteiger partial charge in [0.15, 0.2) is 11.5 Å². The minimum atomic E-state index is -0.476. The van der Waals surface area contributed by atoms with Crippen LogP contribution < -0.4 is 25.2 Å². The predicted octanol–water partition coefficient (Wildman–Crippen LogP) is 3.82. The molecule has 1 aromatic carbocycles. The van der Waals surface area contributed by atoms with Gasteiger partial charge < -0.3 is 24.7 Å². The highest BCUT2D eigenvalue weighted by Gasteiger charge is 2.30. The van der Waals surface area contributed by atoms with Crippen molar-refractivity contribution in [3.8, 4) is 22.6 Å². The van der Waals surface area contributed by atoms with Crippen molar-refractivity contribution in [2.75, 3.05) is 24.2 Å². The fourth-order valence-corrected chi connectivity index (χ4v) is 5.34. The molecular weight excluding hydrogens is 478 g/mol.